The number of aromatic nitrogens is 1. The monoisotopic (exact) mass is 405 g/mol. The third kappa shape index (κ3) is 3.31. The molecule has 0 aliphatic carbocycles. The molecular formula is C18H16ClN3O4S. The number of carbonyl (C=O) groups is 1. The number of benzene rings is 2. The Labute approximate surface area is 161 Å². The van der Waals surface area contributed by atoms with Gasteiger partial charge in [0.15, 0.2) is 11.5 Å². The fourth-order valence-corrected chi connectivity index (χ4v) is 5.21. The number of nitrogens with one attached hydrogen (secondary N) is 1. The van der Waals surface area contributed by atoms with Crippen LogP contribution >= 0.6 is 11.6 Å². The number of nitrogens with zero attached hydrogens (tertiary/aromatic N) is 2. The number of hydrogen-bond acceptors (Lipinski definition) is 5. The second kappa shape index (κ2) is 6.95. The van der Waals surface area contributed by atoms with Crippen molar-refractivity contribution in [2.24, 2.45) is 0 Å². The van der Waals surface area contributed by atoms with Gasteiger partial charge in [-0.25, -0.2) is 13.4 Å². The molecule has 27 heavy (non-hydrogen) atoms. The predicted octanol–water partition coefficient (Wildman–Crippen LogP) is 2.21. The molecule has 1 amide bonds. The van der Waals surface area contributed by atoms with Gasteiger partial charge in [0.25, 0.3) is 0 Å². The Balaban J connectivity index is 1.70. The van der Waals surface area contributed by atoms with Gasteiger partial charge in [-0.1, -0.05) is 35.9 Å². The summed E-state index contributed by atoms with van der Waals surface area (Å²) in [6.07, 6.45) is 0.0319. The van der Waals surface area contributed by atoms with Gasteiger partial charge in [-0.3, -0.25) is 4.79 Å². The maximum atomic E-state index is 13.1. The number of para-hydroxylation sites is 2. The molecule has 9 heteroatoms. The van der Waals surface area contributed by atoms with E-state index in [1.807, 2.05) is 12.1 Å². The topological polar surface area (TPSA) is 92.5 Å². The molecule has 7 nitrogen and oxygen atoms in total. The highest BCUT2D eigenvalue weighted by Gasteiger charge is 2.40. The number of carbonyl (C=O) groups excluding carboxylic acids is 1. The minimum atomic E-state index is -3.95. The lowest BCUT2D eigenvalue weighted by Gasteiger charge is -2.33. The molecule has 1 atom stereocenters. The largest absolute Gasteiger partial charge is 0.441 e. The third-order valence-electron chi connectivity index (χ3n) is 4.41. The van der Waals surface area contributed by atoms with Crippen LogP contribution in [0.4, 0.5) is 0 Å². The standard InChI is InChI=1S/C18H16ClN3O4S/c19-12-5-1-4-8-16(12)27(24,25)22-10-9-20-18(23)14(22)11-17-21-13-6-2-3-7-15(13)26-17/h1-8,14H,9-11H2,(H,20,23)/t14-/m0/s1. The average molecular weight is 406 g/mol. The summed E-state index contributed by atoms with van der Waals surface area (Å²) in [4.78, 5) is 16.8. The van der Waals surface area contributed by atoms with E-state index in [1.165, 1.54) is 16.4 Å². The molecule has 0 radical (unpaired) electrons. The molecule has 0 saturated carbocycles. The Morgan fingerprint density at radius 2 is 1.93 bits per heavy atom. The molecule has 0 spiro atoms. The fraction of sp³-hybridized carbons (Fsp3) is 0.222. The second-order valence-corrected chi connectivity index (χ2v) is 8.40. The maximum absolute atomic E-state index is 13.1. The van der Waals surface area contributed by atoms with Gasteiger partial charge < -0.3 is 9.73 Å². The molecule has 0 bridgehead atoms. The molecule has 0 unspecified atom stereocenters. The minimum Gasteiger partial charge on any atom is -0.441 e. The summed E-state index contributed by atoms with van der Waals surface area (Å²) in [6.45, 7) is 0.372. The van der Waals surface area contributed by atoms with E-state index < -0.39 is 16.1 Å². The van der Waals surface area contributed by atoms with E-state index in [0.29, 0.717) is 17.0 Å². The normalized spacial score (nSPS) is 18.6. The predicted molar refractivity (Wildman–Crippen MR) is 99.9 cm³/mol. The van der Waals surface area contributed by atoms with Crippen LogP contribution in [0.5, 0.6) is 0 Å². The molecule has 140 valence electrons. The van der Waals surface area contributed by atoms with E-state index in [2.05, 4.69) is 10.3 Å². The van der Waals surface area contributed by atoms with Crippen molar-refractivity contribution in [2.45, 2.75) is 17.4 Å². The summed E-state index contributed by atoms with van der Waals surface area (Å²) in [5.74, 6) is -0.0863. The zero-order valence-corrected chi connectivity index (χ0v) is 15.7. The van der Waals surface area contributed by atoms with Crippen LogP contribution in [-0.4, -0.2) is 42.7 Å². The highest BCUT2D eigenvalue weighted by Crippen LogP contribution is 2.28. The van der Waals surface area contributed by atoms with Crippen LogP contribution < -0.4 is 5.32 Å². The summed E-state index contributed by atoms with van der Waals surface area (Å²) >= 11 is 6.09. The van der Waals surface area contributed by atoms with Gasteiger partial charge in [-0.05, 0) is 24.3 Å². The van der Waals surface area contributed by atoms with Crippen LogP contribution in [0.25, 0.3) is 11.1 Å². The number of sulfonamides is 1. The number of fused-ring (bicyclic) bond motifs is 1. The molecule has 1 fully saturated rings. The minimum absolute atomic E-state index is 0.0241. The zero-order valence-electron chi connectivity index (χ0n) is 14.1. The molecule has 3 aromatic rings. The lowest BCUT2D eigenvalue weighted by Crippen LogP contribution is -2.57. The van der Waals surface area contributed by atoms with Crippen molar-refractivity contribution >= 4 is 38.6 Å². The molecule has 2 aromatic carbocycles. The molecule has 1 N–H and O–H groups in total. The summed E-state index contributed by atoms with van der Waals surface area (Å²) in [5.41, 5.74) is 1.24. The van der Waals surface area contributed by atoms with Crippen molar-refractivity contribution in [1.29, 1.82) is 0 Å². The van der Waals surface area contributed by atoms with E-state index >= 15 is 0 Å². The van der Waals surface area contributed by atoms with Gasteiger partial charge in [0.1, 0.15) is 16.5 Å². The summed E-state index contributed by atoms with van der Waals surface area (Å²) in [6, 6.07) is 12.4. The Morgan fingerprint density at radius 1 is 1.19 bits per heavy atom. The molecule has 2 heterocycles. The Morgan fingerprint density at radius 3 is 2.70 bits per heavy atom. The number of halogens is 1. The van der Waals surface area contributed by atoms with Crippen molar-refractivity contribution in [2.75, 3.05) is 13.1 Å². The van der Waals surface area contributed by atoms with E-state index in [4.69, 9.17) is 16.0 Å². The molecule has 1 saturated heterocycles. The first-order valence-electron chi connectivity index (χ1n) is 8.35. The molecule has 1 aliphatic heterocycles. The Hall–Kier alpha value is -2.42. The van der Waals surface area contributed by atoms with Crippen molar-refractivity contribution < 1.29 is 17.6 Å². The number of hydrogen-bond donors (Lipinski definition) is 1. The zero-order chi connectivity index (χ0) is 19.0. The van der Waals surface area contributed by atoms with Crippen molar-refractivity contribution in [3.63, 3.8) is 0 Å². The van der Waals surface area contributed by atoms with Crippen molar-refractivity contribution in [3.8, 4) is 0 Å². The van der Waals surface area contributed by atoms with Crippen LogP contribution in [-0.2, 0) is 21.2 Å². The Bertz CT molecular complexity index is 1080. The first kappa shape index (κ1) is 18.0. The molecule has 1 aromatic heterocycles. The van der Waals surface area contributed by atoms with Gasteiger partial charge in [0.2, 0.25) is 15.9 Å². The highest BCUT2D eigenvalue weighted by molar-refractivity contribution is 7.89. The quantitative estimate of drug-likeness (QED) is 0.718. The van der Waals surface area contributed by atoms with Crippen molar-refractivity contribution in [1.82, 2.24) is 14.6 Å². The molecule has 1 aliphatic rings. The molecular weight excluding hydrogens is 390 g/mol. The van der Waals surface area contributed by atoms with Crippen molar-refractivity contribution in [3.05, 3.63) is 59.4 Å². The molecule has 4 rings (SSSR count). The average Bonchev–Trinajstić information content (AvgIpc) is 3.06. The summed E-state index contributed by atoms with van der Waals surface area (Å²) in [5, 5.41) is 2.82. The van der Waals surface area contributed by atoms with Gasteiger partial charge in [-0.2, -0.15) is 4.31 Å². The fourth-order valence-electron chi connectivity index (χ4n) is 3.13. The highest BCUT2D eigenvalue weighted by atomic mass is 35.5. The summed E-state index contributed by atoms with van der Waals surface area (Å²) < 4.78 is 33.1. The lowest BCUT2D eigenvalue weighted by atomic mass is 10.1. The lowest BCUT2D eigenvalue weighted by molar-refractivity contribution is -0.126. The summed E-state index contributed by atoms with van der Waals surface area (Å²) in [7, 11) is -3.95. The van der Waals surface area contributed by atoms with Gasteiger partial charge in [-0.15, -0.1) is 0 Å². The first-order valence-corrected chi connectivity index (χ1v) is 10.2. The van der Waals surface area contributed by atoms with Crippen LogP contribution in [0.15, 0.2) is 57.8 Å². The van der Waals surface area contributed by atoms with Crippen LogP contribution in [0, 0.1) is 0 Å². The van der Waals surface area contributed by atoms with Crippen LogP contribution in [0.2, 0.25) is 5.02 Å². The second-order valence-electron chi connectivity index (χ2n) is 6.13. The van der Waals surface area contributed by atoms with Crippen LogP contribution in [0.3, 0.4) is 0 Å². The first-order chi connectivity index (χ1) is 13.0. The number of amides is 1. The number of rotatable bonds is 4. The van der Waals surface area contributed by atoms with Gasteiger partial charge in [0, 0.05) is 19.5 Å². The van der Waals surface area contributed by atoms with E-state index in [0.717, 1.165) is 0 Å². The van der Waals surface area contributed by atoms with E-state index in [-0.39, 0.29) is 35.3 Å². The van der Waals surface area contributed by atoms with Crippen LogP contribution in [0.1, 0.15) is 5.89 Å². The SMILES string of the molecule is O=C1NCCN(S(=O)(=O)c2ccccc2Cl)[C@H]1Cc1nc2ccccc2o1. The van der Waals surface area contributed by atoms with E-state index in [9.17, 15) is 13.2 Å². The van der Waals surface area contributed by atoms with Gasteiger partial charge in [0.05, 0.1) is 5.02 Å². The van der Waals surface area contributed by atoms with E-state index in [1.54, 1.807) is 24.3 Å². The van der Waals surface area contributed by atoms with Gasteiger partial charge >= 0.3 is 0 Å². The third-order valence-corrected chi connectivity index (χ3v) is 6.82. The Kier molecular flexibility index (Phi) is 4.63. The smallest absolute Gasteiger partial charge is 0.245 e. The number of piperazine rings is 1. The maximum Gasteiger partial charge on any atom is 0.245 e. The number of oxazole rings is 1.